The van der Waals surface area contributed by atoms with Gasteiger partial charge in [-0.1, -0.05) is 18.5 Å². The quantitative estimate of drug-likeness (QED) is 0.812. The van der Waals surface area contributed by atoms with Gasteiger partial charge in [0.1, 0.15) is 29.6 Å². The van der Waals surface area contributed by atoms with E-state index < -0.39 is 5.60 Å². The number of carbonyl (C=O) groups is 1. The molecule has 116 valence electrons. The first-order valence-electron chi connectivity index (χ1n) is 7.06. The molecule has 0 fully saturated rings. The normalized spacial score (nSPS) is 11.5. The molecule has 2 rings (SSSR count). The van der Waals surface area contributed by atoms with E-state index in [0.717, 1.165) is 11.3 Å². The van der Waals surface area contributed by atoms with Crippen molar-refractivity contribution in [1.82, 2.24) is 9.55 Å². The van der Waals surface area contributed by atoms with Crippen molar-refractivity contribution in [2.45, 2.75) is 46.3 Å². The Balaban J connectivity index is 2.47. The van der Waals surface area contributed by atoms with Gasteiger partial charge in [0, 0.05) is 6.42 Å². The number of hydrogen-bond acceptors (Lipinski definition) is 4. The minimum atomic E-state index is -0.536. The summed E-state index contributed by atoms with van der Waals surface area (Å²) in [6.07, 6.45) is 0.649. The molecule has 1 heterocycles. The van der Waals surface area contributed by atoms with Crippen molar-refractivity contribution in [3.8, 4) is 6.07 Å². The van der Waals surface area contributed by atoms with Crippen molar-refractivity contribution in [1.29, 1.82) is 5.26 Å². The number of fused-ring (bicyclic) bond motifs is 1. The number of nitrogens with zero attached hydrogens (tertiary/aromatic N) is 3. The molecule has 2 aromatic rings. The van der Waals surface area contributed by atoms with Gasteiger partial charge in [-0.2, -0.15) is 5.26 Å². The van der Waals surface area contributed by atoms with E-state index in [4.69, 9.17) is 21.6 Å². The van der Waals surface area contributed by atoms with Crippen LogP contribution in [0.2, 0.25) is 5.02 Å². The van der Waals surface area contributed by atoms with Crippen molar-refractivity contribution in [3.05, 3.63) is 28.5 Å². The zero-order chi connectivity index (χ0) is 16.5. The van der Waals surface area contributed by atoms with Crippen LogP contribution < -0.4 is 0 Å². The van der Waals surface area contributed by atoms with Gasteiger partial charge in [-0.15, -0.1) is 0 Å². The maximum absolute atomic E-state index is 12.1. The molecule has 0 aliphatic carbocycles. The first-order chi connectivity index (χ1) is 10.3. The SMILES string of the molecule is CCc1nc2c(Cl)c(C#N)ccc2n1CC(=O)OC(C)(C)C. The number of benzene rings is 1. The number of hydrogen-bond donors (Lipinski definition) is 0. The summed E-state index contributed by atoms with van der Waals surface area (Å²) in [5.74, 6) is 0.403. The number of nitriles is 1. The fourth-order valence-corrected chi connectivity index (χ4v) is 2.49. The number of esters is 1. The zero-order valence-corrected chi connectivity index (χ0v) is 13.9. The molecule has 22 heavy (non-hydrogen) atoms. The van der Waals surface area contributed by atoms with Gasteiger partial charge >= 0.3 is 5.97 Å². The fourth-order valence-electron chi connectivity index (χ4n) is 2.24. The summed E-state index contributed by atoms with van der Waals surface area (Å²) in [6, 6.07) is 5.43. The van der Waals surface area contributed by atoms with Crippen LogP contribution in [0.4, 0.5) is 0 Å². The Kier molecular flexibility index (Phi) is 4.43. The summed E-state index contributed by atoms with van der Waals surface area (Å²) >= 11 is 6.21. The molecule has 0 aliphatic rings. The lowest BCUT2D eigenvalue weighted by Gasteiger charge is -2.20. The smallest absolute Gasteiger partial charge is 0.326 e. The highest BCUT2D eigenvalue weighted by Crippen LogP contribution is 2.27. The lowest BCUT2D eigenvalue weighted by atomic mass is 10.2. The van der Waals surface area contributed by atoms with E-state index in [0.29, 0.717) is 22.5 Å². The second-order valence-electron chi connectivity index (χ2n) is 5.96. The number of carbonyl (C=O) groups excluding carboxylic acids is 1. The number of halogens is 1. The van der Waals surface area contributed by atoms with Gasteiger partial charge in [-0.3, -0.25) is 4.79 Å². The average molecular weight is 320 g/mol. The van der Waals surface area contributed by atoms with E-state index in [1.54, 1.807) is 16.7 Å². The number of imidazole rings is 1. The van der Waals surface area contributed by atoms with Gasteiger partial charge in [-0.05, 0) is 32.9 Å². The Morgan fingerprint density at radius 1 is 1.45 bits per heavy atom. The lowest BCUT2D eigenvalue weighted by Crippen LogP contribution is -2.27. The average Bonchev–Trinajstić information content (AvgIpc) is 2.76. The van der Waals surface area contributed by atoms with E-state index in [9.17, 15) is 4.79 Å². The molecular weight excluding hydrogens is 302 g/mol. The van der Waals surface area contributed by atoms with Crippen LogP contribution in [0, 0.1) is 11.3 Å². The molecule has 0 N–H and O–H groups in total. The first-order valence-corrected chi connectivity index (χ1v) is 7.44. The maximum Gasteiger partial charge on any atom is 0.326 e. The van der Waals surface area contributed by atoms with Gasteiger partial charge in [0.25, 0.3) is 0 Å². The minimum Gasteiger partial charge on any atom is -0.459 e. The predicted octanol–water partition coefficient (Wildman–Crippen LogP) is 3.47. The highest BCUT2D eigenvalue weighted by atomic mass is 35.5. The number of aryl methyl sites for hydroxylation is 1. The molecule has 0 unspecified atom stereocenters. The Hall–Kier alpha value is -2.06. The highest BCUT2D eigenvalue weighted by Gasteiger charge is 2.20. The van der Waals surface area contributed by atoms with Crippen LogP contribution in [0.15, 0.2) is 12.1 Å². The number of aromatic nitrogens is 2. The molecular formula is C16H18ClN3O2. The molecule has 1 aromatic carbocycles. The molecule has 5 nitrogen and oxygen atoms in total. The van der Waals surface area contributed by atoms with Crippen molar-refractivity contribution >= 4 is 28.6 Å². The molecule has 0 saturated carbocycles. The van der Waals surface area contributed by atoms with Gasteiger partial charge in [-0.25, -0.2) is 4.98 Å². The Labute approximate surface area is 134 Å². The molecule has 0 spiro atoms. The maximum atomic E-state index is 12.1. The second kappa shape index (κ2) is 5.98. The lowest BCUT2D eigenvalue weighted by molar-refractivity contribution is -0.155. The Bertz CT molecular complexity index is 766. The van der Waals surface area contributed by atoms with E-state index >= 15 is 0 Å². The minimum absolute atomic E-state index is 0.0686. The predicted molar refractivity (Wildman–Crippen MR) is 84.7 cm³/mol. The third kappa shape index (κ3) is 3.23. The molecule has 0 amide bonds. The van der Waals surface area contributed by atoms with Crippen molar-refractivity contribution in [3.63, 3.8) is 0 Å². The van der Waals surface area contributed by atoms with E-state index in [-0.39, 0.29) is 12.5 Å². The van der Waals surface area contributed by atoms with Crippen molar-refractivity contribution in [2.24, 2.45) is 0 Å². The van der Waals surface area contributed by atoms with Crippen LogP contribution >= 0.6 is 11.6 Å². The third-order valence-corrected chi connectivity index (χ3v) is 3.46. The summed E-state index contributed by atoms with van der Waals surface area (Å²) in [4.78, 5) is 16.6. The van der Waals surface area contributed by atoms with Crippen molar-refractivity contribution in [2.75, 3.05) is 0 Å². The van der Waals surface area contributed by atoms with Crippen LogP contribution in [0.25, 0.3) is 11.0 Å². The summed E-state index contributed by atoms with van der Waals surface area (Å²) in [5.41, 5.74) is 1.11. The largest absolute Gasteiger partial charge is 0.459 e. The number of rotatable bonds is 3. The van der Waals surface area contributed by atoms with Crippen molar-refractivity contribution < 1.29 is 9.53 Å². The van der Waals surface area contributed by atoms with E-state index in [2.05, 4.69) is 4.98 Å². The molecule has 0 saturated heterocycles. The van der Waals surface area contributed by atoms with Gasteiger partial charge in [0.05, 0.1) is 16.1 Å². The van der Waals surface area contributed by atoms with Crippen LogP contribution in [0.5, 0.6) is 0 Å². The van der Waals surface area contributed by atoms with Crippen LogP contribution in [0.1, 0.15) is 39.1 Å². The monoisotopic (exact) mass is 319 g/mol. The van der Waals surface area contributed by atoms with E-state index in [1.807, 2.05) is 33.8 Å². The standard InChI is InChI=1S/C16H18ClN3O2/c1-5-12-19-15-11(7-6-10(8-18)14(15)17)20(12)9-13(21)22-16(2,3)4/h6-7H,5,9H2,1-4H3. The summed E-state index contributed by atoms with van der Waals surface area (Å²) in [5, 5.41) is 9.36. The Morgan fingerprint density at radius 3 is 2.68 bits per heavy atom. The van der Waals surface area contributed by atoms with Crippen LogP contribution in [-0.2, 0) is 22.5 Å². The second-order valence-corrected chi connectivity index (χ2v) is 6.34. The molecule has 0 radical (unpaired) electrons. The van der Waals surface area contributed by atoms with Gasteiger partial charge < -0.3 is 9.30 Å². The Morgan fingerprint density at radius 2 is 2.14 bits per heavy atom. The number of ether oxygens (including phenoxy) is 1. The highest BCUT2D eigenvalue weighted by molar-refractivity contribution is 6.36. The topological polar surface area (TPSA) is 67.9 Å². The molecule has 0 atom stereocenters. The summed E-state index contributed by atoms with van der Waals surface area (Å²) in [6.45, 7) is 7.50. The molecule has 0 aliphatic heterocycles. The fraction of sp³-hybridized carbons (Fsp3) is 0.438. The van der Waals surface area contributed by atoms with Gasteiger partial charge in [0.15, 0.2) is 0 Å². The third-order valence-electron chi connectivity index (χ3n) is 3.08. The zero-order valence-electron chi connectivity index (χ0n) is 13.1. The summed E-state index contributed by atoms with van der Waals surface area (Å²) < 4.78 is 7.15. The molecule has 6 heteroatoms. The summed E-state index contributed by atoms with van der Waals surface area (Å²) in [7, 11) is 0. The molecule has 0 bridgehead atoms. The van der Waals surface area contributed by atoms with E-state index in [1.165, 1.54) is 0 Å². The first kappa shape index (κ1) is 16.3. The van der Waals surface area contributed by atoms with Gasteiger partial charge in [0.2, 0.25) is 0 Å². The van der Waals surface area contributed by atoms with Crippen LogP contribution in [0.3, 0.4) is 0 Å². The van der Waals surface area contributed by atoms with Crippen LogP contribution in [-0.4, -0.2) is 21.1 Å². The molecule has 1 aromatic heterocycles.